The second kappa shape index (κ2) is 8.92. The van der Waals surface area contributed by atoms with Crippen LogP contribution >= 0.6 is 11.8 Å². The van der Waals surface area contributed by atoms with E-state index < -0.39 is 0 Å². The second-order valence-corrected chi connectivity index (χ2v) is 9.19. The first kappa shape index (κ1) is 21.9. The fourth-order valence-corrected chi connectivity index (χ4v) is 3.82. The molecule has 0 radical (unpaired) electrons. The van der Waals surface area contributed by atoms with Gasteiger partial charge in [0.2, 0.25) is 5.91 Å². The Balaban J connectivity index is 2.03. The zero-order valence-electron chi connectivity index (χ0n) is 18.3. The normalized spacial score (nSPS) is 11.4. The van der Waals surface area contributed by atoms with Gasteiger partial charge >= 0.3 is 0 Å². The van der Waals surface area contributed by atoms with Crippen LogP contribution in [0.3, 0.4) is 0 Å². The molecule has 0 atom stereocenters. The Kier molecular flexibility index (Phi) is 6.51. The molecular weight excluding hydrogens is 396 g/mol. The molecule has 0 saturated heterocycles. The molecule has 0 unspecified atom stereocenters. The van der Waals surface area contributed by atoms with Crippen LogP contribution in [-0.4, -0.2) is 52.5 Å². The Bertz CT molecular complexity index is 1000. The van der Waals surface area contributed by atoms with Gasteiger partial charge in [0.15, 0.2) is 11.0 Å². The maximum atomic E-state index is 12.1. The summed E-state index contributed by atoms with van der Waals surface area (Å²) in [6.45, 7) is 6.58. The predicted octanol–water partition coefficient (Wildman–Crippen LogP) is 4.42. The van der Waals surface area contributed by atoms with Crippen molar-refractivity contribution in [1.82, 2.24) is 19.7 Å². The van der Waals surface area contributed by atoms with Crippen molar-refractivity contribution < 1.29 is 9.53 Å². The molecule has 3 aromatic rings. The molecule has 0 aliphatic carbocycles. The van der Waals surface area contributed by atoms with Crippen molar-refractivity contribution in [3.63, 3.8) is 0 Å². The first-order chi connectivity index (χ1) is 14.2. The Morgan fingerprint density at radius 3 is 2.20 bits per heavy atom. The van der Waals surface area contributed by atoms with Crippen molar-refractivity contribution in [3.8, 4) is 22.8 Å². The average Bonchev–Trinajstić information content (AvgIpc) is 3.15. The highest BCUT2D eigenvalue weighted by molar-refractivity contribution is 7.99. The zero-order valence-corrected chi connectivity index (χ0v) is 19.2. The van der Waals surface area contributed by atoms with Gasteiger partial charge in [0.1, 0.15) is 5.75 Å². The lowest BCUT2D eigenvalue weighted by molar-refractivity contribution is -0.125. The lowest BCUT2D eigenvalue weighted by Gasteiger charge is -2.19. The molecule has 158 valence electrons. The first-order valence-corrected chi connectivity index (χ1v) is 10.7. The quantitative estimate of drug-likeness (QED) is 0.548. The van der Waals surface area contributed by atoms with Gasteiger partial charge in [-0.15, -0.1) is 10.2 Å². The highest BCUT2D eigenvalue weighted by atomic mass is 32.2. The van der Waals surface area contributed by atoms with Gasteiger partial charge in [0.25, 0.3) is 0 Å². The lowest BCUT2D eigenvalue weighted by Crippen LogP contribution is -2.23. The number of ether oxygens (including phenoxy) is 1. The van der Waals surface area contributed by atoms with Crippen LogP contribution in [0, 0.1) is 0 Å². The van der Waals surface area contributed by atoms with Gasteiger partial charge in [0.05, 0.1) is 12.9 Å². The fourth-order valence-electron chi connectivity index (χ4n) is 2.89. The SMILES string of the molecule is COc1ccc(-n2c(SCC(=O)N(C)C)nnc2-c2ccc(C(C)(C)C)cc2)cc1. The number of hydrogen-bond donors (Lipinski definition) is 0. The van der Waals surface area contributed by atoms with Crippen molar-refractivity contribution in [2.24, 2.45) is 0 Å². The van der Waals surface area contributed by atoms with Crippen molar-refractivity contribution in [3.05, 3.63) is 54.1 Å². The minimum atomic E-state index is 0.0281. The summed E-state index contributed by atoms with van der Waals surface area (Å²) in [6.07, 6.45) is 0. The third kappa shape index (κ3) is 4.84. The number of benzene rings is 2. The third-order valence-electron chi connectivity index (χ3n) is 4.80. The number of methoxy groups -OCH3 is 1. The molecule has 2 aromatic carbocycles. The van der Waals surface area contributed by atoms with Gasteiger partial charge in [-0.1, -0.05) is 56.8 Å². The number of amides is 1. The molecule has 6 nitrogen and oxygen atoms in total. The van der Waals surface area contributed by atoms with Crippen LogP contribution in [0.25, 0.3) is 17.1 Å². The molecule has 1 heterocycles. The van der Waals surface area contributed by atoms with Crippen molar-refractivity contribution in [2.45, 2.75) is 31.3 Å². The molecule has 1 aromatic heterocycles. The van der Waals surface area contributed by atoms with Gasteiger partial charge < -0.3 is 9.64 Å². The Hall–Kier alpha value is -2.80. The molecular formula is C23H28N4O2S. The molecule has 0 aliphatic rings. The number of hydrogen-bond acceptors (Lipinski definition) is 5. The summed E-state index contributed by atoms with van der Waals surface area (Å²) in [5.41, 5.74) is 3.22. The smallest absolute Gasteiger partial charge is 0.232 e. The number of aromatic nitrogens is 3. The highest BCUT2D eigenvalue weighted by Gasteiger charge is 2.19. The van der Waals surface area contributed by atoms with E-state index in [2.05, 4.69) is 55.2 Å². The van der Waals surface area contributed by atoms with Gasteiger partial charge in [0, 0.05) is 25.3 Å². The average molecular weight is 425 g/mol. The van der Waals surface area contributed by atoms with Crippen molar-refractivity contribution >= 4 is 17.7 Å². The predicted molar refractivity (Wildman–Crippen MR) is 121 cm³/mol. The van der Waals surface area contributed by atoms with Crippen LogP contribution in [0.2, 0.25) is 0 Å². The van der Waals surface area contributed by atoms with E-state index in [1.54, 1.807) is 26.1 Å². The van der Waals surface area contributed by atoms with Crippen LogP contribution < -0.4 is 4.74 Å². The summed E-state index contributed by atoms with van der Waals surface area (Å²) < 4.78 is 7.27. The van der Waals surface area contributed by atoms with Crippen LogP contribution in [-0.2, 0) is 10.2 Å². The van der Waals surface area contributed by atoms with Crippen molar-refractivity contribution in [1.29, 1.82) is 0 Å². The zero-order chi connectivity index (χ0) is 21.9. The van der Waals surface area contributed by atoms with E-state index in [1.807, 2.05) is 28.8 Å². The maximum absolute atomic E-state index is 12.1. The largest absolute Gasteiger partial charge is 0.497 e. The maximum Gasteiger partial charge on any atom is 0.232 e. The van der Waals surface area contributed by atoms with E-state index in [0.29, 0.717) is 10.9 Å². The molecule has 30 heavy (non-hydrogen) atoms. The minimum Gasteiger partial charge on any atom is -0.497 e. The Labute approximate surface area is 182 Å². The van der Waals surface area contributed by atoms with Gasteiger partial charge in [-0.3, -0.25) is 9.36 Å². The van der Waals surface area contributed by atoms with E-state index in [4.69, 9.17) is 4.74 Å². The van der Waals surface area contributed by atoms with Crippen LogP contribution in [0.1, 0.15) is 26.3 Å². The molecule has 0 saturated carbocycles. The van der Waals surface area contributed by atoms with E-state index in [9.17, 15) is 4.79 Å². The summed E-state index contributed by atoms with van der Waals surface area (Å²) in [4.78, 5) is 13.7. The monoisotopic (exact) mass is 424 g/mol. The van der Waals surface area contributed by atoms with E-state index in [-0.39, 0.29) is 11.3 Å². The van der Waals surface area contributed by atoms with Crippen LogP contribution in [0.5, 0.6) is 5.75 Å². The number of thioether (sulfide) groups is 1. The third-order valence-corrected chi connectivity index (χ3v) is 5.71. The van der Waals surface area contributed by atoms with Gasteiger partial charge in [-0.05, 0) is 35.2 Å². The second-order valence-electron chi connectivity index (χ2n) is 8.24. The molecule has 0 bridgehead atoms. The number of nitrogens with zero attached hydrogens (tertiary/aromatic N) is 4. The number of carbonyl (C=O) groups excluding carboxylic acids is 1. The molecule has 1 amide bonds. The minimum absolute atomic E-state index is 0.0281. The highest BCUT2D eigenvalue weighted by Crippen LogP contribution is 2.30. The Morgan fingerprint density at radius 2 is 1.67 bits per heavy atom. The van der Waals surface area contributed by atoms with E-state index in [1.165, 1.54) is 17.3 Å². The molecule has 3 rings (SSSR count). The fraction of sp³-hybridized carbons (Fsp3) is 0.348. The van der Waals surface area contributed by atoms with Crippen molar-refractivity contribution in [2.75, 3.05) is 27.0 Å². The standard InChI is InChI=1S/C23H28N4O2S/c1-23(2,3)17-9-7-16(8-10-17)21-24-25-22(30-15-20(28)26(4)5)27(21)18-11-13-19(29-6)14-12-18/h7-14H,15H2,1-6H3. The molecule has 0 aliphatic heterocycles. The molecule has 0 spiro atoms. The summed E-state index contributed by atoms with van der Waals surface area (Å²) in [6, 6.07) is 16.1. The molecule has 0 N–H and O–H groups in total. The van der Waals surface area contributed by atoms with Crippen LogP contribution in [0.4, 0.5) is 0 Å². The Morgan fingerprint density at radius 1 is 1.03 bits per heavy atom. The summed E-state index contributed by atoms with van der Waals surface area (Å²) in [5.74, 6) is 1.84. The van der Waals surface area contributed by atoms with E-state index in [0.717, 1.165) is 22.8 Å². The van der Waals surface area contributed by atoms with E-state index >= 15 is 0 Å². The lowest BCUT2D eigenvalue weighted by atomic mass is 9.87. The summed E-state index contributed by atoms with van der Waals surface area (Å²) in [5, 5.41) is 9.52. The molecule has 0 fully saturated rings. The van der Waals surface area contributed by atoms with Crippen LogP contribution in [0.15, 0.2) is 53.7 Å². The summed E-state index contributed by atoms with van der Waals surface area (Å²) >= 11 is 1.38. The number of carbonyl (C=O) groups is 1. The number of rotatable bonds is 6. The van der Waals surface area contributed by atoms with Gasteiger partial charge in [-0.2, -0.15) is 0 Å². The van der Waals surface area contributed by atoms with Gasteiger partial charge in [-0.25, -0.2) is 0 Å². The topological polar surface area (TPSA) is 60.2 Å². The molecule has 7 heteroatoms. The first-order valence-electron chi connectivity index (χ1n) is 9.74. The summed E-state index contributed by atoms with van der Waals surface area (Å²) in [7, 11) is 5.14.